The van der Waals surface area contributed by atoms with Crippen molar-refractivity contribution in [3.63, 3.8) is 0 Å². The SMILES string of the molecule is CC/C(=C(\C1=Cc2ccccc2C1)c1ccc(/C=C/C(=O)NS(C)(=O)=O)cc1)c1ccc(Cl)cc1C.CC/C(=C(\C1=Cc2ccccc2C1)c1ccc(/C=C/C(=O)O)cc1)c1ccccc1C.CC/C(=C(\C1=Cc2ccccc2C1)c1ccc(/C=C/C(=O)O)cc1)c1ccccc1C#N.CC/C(=C(\C1=Cc2ccccc2C1)c1ccc(/C=C/C(N)=O)cc1)c1ccc(Cl)cc1C(F)(F)F. The van der Waals surface area contributed by atoms with E-state index >= 15 is 0 Å². The van der Waals surface area contributed by atoms with E-state index in [2.05, 4.69) is 174 Å². The van der Waals surface area contributed by atoms with Gasteiger partial charge in [-0.3, -0.25) is 9.59 Å². The minimum atomic E-state index is -4.55. The molecule has 672 valence electrons. The van der Waals surface area contributed by atoms with Crippen molar-refractivity contribution in [2.45, 2.75) is 99.1 Å². The summed E-state index contributed by atoms with van der Waals surface area (Å²) in [4.78, 5) is 44.6. The third-order valence-electron chi connectivity index (χ3n) is 23.7. The zero-order valence-corrected chi connectivity index (χ0v) is 77.6. The molecule has 2 amide bonds. The molecule has 5 N–H and O–H groups in total. The van der Waals surface area contributed by atoms with Crippen LogP contribution in [0.3, 0.4) is 0 Å². The number of primary amides is 1. The van der Waals surface area contributed by atoms with Crippen LogP contribution in [0.1, 0.15) is 187 Å². The van der Waals surface area contributed by atoms with Crippen LogP contribution in [-0.2, 0) is 61.1 Å². The summed E-state index contributed by atoms with van der Waals surface area (Å²) in [5.74, 6) is -3.14. The van der Waals surface area contributed by atoms with Crippen molar-refractivity contribution in [2.24, 2.45) is 5.73 Å². The number of allylic oxidation sites excluding steroid dienone is 12. The van der Waals surface area contributed by atoms with Gasteiger partial charge in [-0.2, -0.15) is 18.4 Å². The molecule has 17 heteroatoms. The molecule has 0 bridgehead atoms. The Morgan fingerprint density at radius 3 is 1.04 bits per heavy atom. The number of carboxylic acid groups (broad SMARTS) is 2. The first-order valence-corrected chi connectivity index (χ1v) is 46.8. The summed E-state index contributed by atoms with van der Waals surface area (Å²) in [6.45, 7) is 12.6. The second-order valence-corrected chi connectivity index (χ2v) is 35.4. The van der Waals surface area contributed by atoms with Gasteiger partial charge in [0.05, 0.1) is 23.5 Å². The third kappa shape index (κ3) is 24.5. The number of nitrogens with one attached hydrogen (secondary N) is 1. The van der Waals surface area contributed by atoms with E-state index in [0.717, 1.165) is 151 Å². The maximum Gasteiger partial charge on any atom is 0.417 e. The Labute approximate surface area is 792 Å². The monoisotopic (exact) mass is 1830 g/mol. The number of carboxylic acids is 2. The Bertz CT molecular complexity index is 7090. The number of halogens is 5. The number of aliphatic carboxylic acids is 2. The van der Waals surface area contributed by atoms with Gasteiger partial charge in [0, 0.05) is 34.3 Å². The van der Waals surface area contributed by atoms with Crippen molar-refractivity contribution < 1.29 is 51.0 Å². The number of nitriles is 1. The fourth-order valence-corrected chi connectivity index (χ4v) is 18.5. The lowest BCUT2D eigenvalue weighted by atomic mass is 9.85. The summed E-state index contributed by atoms with van der Waals surface area (Å²) in [5, 5.41) is 28.3. The largest absolute Gasteiger partial charge is 0.478 e. The molecule has 134 heavy (non-hydrogen) atoms. The fourth-order valence-electron chi connectivity index (χ4n) is 17.7. The Hall–Kier alpha value is -14.8. The molecule has 0 aliphatic heterocycles. The molecule has 16 rings (SSSR count). The molecule has 0 atom stereocenters. The average Bonchev–Trinajstić information content (AvgIpc) is 1.65. The first kappa shape index (κ1) is 96.8. The van der Waals surface area contributed by atoms with Gasteiger partial charge in [-0.1, -0.05) is 324 Å². The topological polar surface area (TPSA) is 205 Å². The first-order valence-electron chi connectivity index (χ1n) is 44.2. The lowest BCUT2D eigenvalue weighted by molar-refractivity contribution is -0.138. The molecular formula is C117H100Cl2F3N3O8S. The van der Waals surface area contributed by atoms with Crippen molar-refractivity contribution in [1.82, 2.24) is 4.72 Å². The molecule has 12 aromatic rings. The van der Waals surface area contributed by atoms with E-state index in [1.54, 1.807) is 24.3 Å². The summed E-state index contributed by atoms with van der Waals surface area (Å²) in [6.07, 6.45) is 22.7. The number of amides is 2. The van der Waals surface area contributed by atoms with Crippen molar-refractivity contribution in [1.29, 1.82) is 5.26 Å². The number of hydrogen-bond donors (Lipinski definition) is 4. The van der Waals surface area contributed by atoms with Crippen LogP contribution in [0.25, 0.3) is 93.2 Å². The maximum atomic E-state index is 14.0. The van der Waals surface area contributed by atoms with Crippen LogP contribution in [0.2, 0.25) is 10.0 Å². The highest BCUT2D eigenvalue weighted by atomic mass is 35.5. The van der Waals surface area contributed by atoms with Gasteiger partial charge >= 0.3 is 18.1 Å². The van der Waals surface area contributed by atoms with Crippen molar-refractivity contribution >= 4 is 150 Å². The molecule has 0 fully saturated rings. The van der Waals surface area contributed by atoms with E-state index in [0.29, 0.717) is 24.0 Å². The smallest absolute Gasteiger partial charge is 0.417 e. The minimum absolute atomic E-state index is 0.0381. The van der Waals surface area contributed by atoms with E-state index < -0.39 is 45.5 Å². The molecule has 0 unspecified atom stereocenters. The van der Waals surface area contributed by atoms with Gasteiger partial charge in [0.25, 0.3) is 5.91 Å². The van der Waals surface area contributed by atoms with Gasteiger partial charge in [-0.25, -0.2) is 22.7 Å². The maximum absolute atomic E-state index is 14.0. The van der Waals surface area contributed by atoms with Crippen molar-refractivity contribution in [2.75, 3.05) is 6.26 Å². The van der Waals surface area contributed by atoms with Crippen LogP contribution >= 0.6 is 23.2 Å². The summed E-state index contributed by atoms with van der Waals surface area (Å²) in [6, 6.07) is 93.4. The third-order valence-corrected chi connectivity index (χ3v) is 24.8. The predicted molar refractivity (Wildman–Crippen MR) is 545 cm³/mol. The van der Waals surface area contributed by atoms with Gasteiger partial charge in [0.15, 0.2) is 0 Å². The van der Waals surface area contributed by atoms with Crippen LogP contribution in [0.4, 0.5) is 13.2 Å². The number of hydrogen-bond acceptors (Lipinski definition) is 7. The van der Waals surface area contributed by atoms with Crippen LogP contribution in [0.5, 0.6) is 0 Å². The van der Waals surface area contributed by atoms with Gasteiger partial charge in [0.1, 0.15) is 0 Å². The van der Waals surface area contributed by atoms with E-state index in [-0.39, 0.29) is 10.6 Å². The molecule has 0 radical (unpaired) electrons. The summed E-state index contributed by atoms with van der Waals surface area (Å²) in [7, 11) is -3.59. The lowest BCUT2D eigenvalue weighted by Crippen LogP contribution is -2.27. The Morgan fingerprint density at radius 2 is 0.709 bits per heavy atom. The van der Waals surface area contributed by atoms with Crippen LogP contribution in [0.15, 0.2) is 326 Å². The molecule has 0 aromatic heterocycles. The van der Waals surface area contributed by atoms with E-state index in [1.165, 1.54) is 119 Å². The highest BCUT2D eigenvalue weighted by molar-refractivity contribution is 7.89. The molecule has 4 aliphatic carbocycles. The van der Waals surface area contributed by atoms with E-state index in [4.69, 9.17) is 39.1 Å². The van der Waals surface area contributed by atoms with Crippen LogP contribution < -0.4 is 10.5 Å². The fraction of sp³-hybridized carbons (Fsp3) is 0.137. The molecular weight excluding hydrogens is 1740 g/mol. The Kier molecular flexibility index (Phi) is 32.1. The predicted octanol–water partition coefficient (Wildman–Crippen LogP) is 28.2. The number of rotatable bonds is 25. The zero-order chi connectivity index (χ0) is 95.3. The number of nitrogens with two attached hydrogens (primary N) is 1. The Balaban J connectivity index is 0.000000152. The first-order chi connectivity index (χ1) is 64.5. The number of sulfonamides is 1. The number of carbonyl (C=O) groups excluding carboxylic acids is 2. The number of nitrogens with zero attached hydrogens (tertiary/aromatic N) is 1. The number of benzene rings is 12. The number of alkyl halides is 3. The molecule has 11 nitrogen and oxygen atoms in total. The summed E-state index contributed by atoms with van der Waals surface area (Å²) in [5.41, 5.74) is 41.8. The Morgan fingerprint density at radius 1 is 0.403 bits per heavy atom. The number of aryl methyl sites for hydroxylation is 2. The molecule has 0 heterocycles. The van der Waals surface area contributed by atoms with Crippen molar-refractivity contribution in [3.8, 4) is 6.07 Å². The van der Waals surface area contributed by atoms with Gasteiger partial charge in [-0.05, 0) is 309 Å². The molecule has 12 aromatic carbocycles. The standard InChI is InChI=1S/C30H28ClNO3S.C29H23ClF3NO.C29H23NO2.C29H26O2/c1-4-27(28-15-14-26(31)17-20(28)2)30(25-18-23-7-5-6-8-24(23)19-25)22-12-9-21(10-13-22)11-16-29(33)32-36(3,34)35;1-2-24(25-13-12-23(30)17-26(25)29(31,32)33)28(22-15-20-5-3-4-6-21(20)16-22)19-10-7-18(8-11-19)9-14-27(34)35;1-2-26(27-10-6-5-9-24(27)19-30)29(25-17-22-7-3-4-8-23(22)18-25)21-14-11-20(12-15-21)13-16-28(31)32;1-3-26(27-11-7-4-8-20(27)2)29(25-18-23-9-5-6-10-24(23)19-25)22-15-12-21(13-16-22)14-17-28(30)31/h5-18H,4,19H2,1-3H3,(H,32,33);3-15,17H,2,16H2,1H3,(H2,34,35);3-17H,2,18H2,1H3,(H,31,32);4-18H,3,19H2,1-2H3,(H,30,31)/b16-11+,30-27+;14-9+,28-24+;16-13+,29-26+;17-14+,29-26+. The summed E-state index contributed by atoms with van der Waals surface area (Å²) >= 11 is 12.2. The highest BCUT2D eigenvalue weighted by Gasteiger charge is 2.36. The minimum Gasteiger partial charge on any atom is -0.478 e. The molecule has 0 saturated heterocycles. The van der Waals surface area contributed by atoms with Crippen LogP contribution in [0, 0.1) is 25.2 Å². The highest BCUT2D eigenvalue weighted by Crippen LogP contribution is 2.48. The normalized spacial score (nSPS) is 13.7. The van der Waals surface area contributed by atoms with Crippen molar-refractivity contribution in [3.05, 3.63) is 469 Å². The number of fused-ring (bicyclic) bond motifs is 4. The quantitative estimate of drug-likeness (QED) is 0.0317. The molecule has 0 saturated carbocycles. The van der Waals surface area contributed by atoms with Crippen LogP contribution in [-0.4, -0.2) is 48.6 Å². The summed E-state index contributed by atoms with van der Waals surface area (Å²) < 4.78 is 66.6. The van der Waals surface area contributed by atoms with Gasteiger partial charge in [0.2, 0.25) is 15.9 Å². The van der Waals surface area contributed by atoms with Gasteiger partial charge < -0.3 is 15.9 Å². The second-order valence-electron chi connectivity index (χ2n) is 32.8. The van der Waals surface area contributed by atoms with E-state index in [1.807, 2.05) is 163 Å². The average molecular weight is 1840 g/mol. The lowest BCUT2D eigenvalue weighted by Gasteiger charge is -2.21. The molecule has 0 spiro atoms. The van der Waals surface area contributed by atoms with E-state index in [9.17, 15) is 46.0 Å². The zero-order valence-electron chi connectivity index (χ0n) is 75.3. The number of carbonyl (C=O) groups is 4. The van der Waals surface area contributed by atoms with Gasteiger partial charge in [-0.15, -0.1) is 0 Å². The molecule has 4 aliphatic rings. The second kappa shape index (κ2) is 44.4.